The molecule has 2 aromatic rings. The van der Waals surface area contributed by atoms with Crippen molar-refractivity contribution in [2.45, 2.75) is 52.5 Å². The third-order valence-corrected chi connectivity index (χ3v) is 4.70. The Hall–Kier alpha value is -2.89. The number of fused-ring (bicyclic) bond motifs is 1. The number of carbonyl (C=O) groups is 2. The van der Waals surface area contributed by atoms with Gasteiger partial charge < -0.3 is 14.7 Å². The van der Waals surface area contributed by atoms with Crippen molar-refractivity contribution < 1.29 is 32.6 Å². The van der Waals surface area contributed by atoms with Gasteiger partial charge in [-0.2, -0.15) is 23.4 Å². The van der Waals surface area contributed by atoms with Gasteiger partial charge in [0.1, 0.15) is 5.69 Å². The molecule has 9 nitrogen and oxygen atoms in total. The van der Waals surface area contributed by atoms with E-state index in [4.69, 9.17) is 14.6 Å². The van der Waals surface area contributed by atoms with Gasteiger partial charge in [0.15, 0.2) is 0 Å². The highest BCUT2D eigenvalue weighted by Crippen LogP contribution is 2.28. The smallest absolute Gasteiger partial charge is 0.475 e. The van der Waals surface area contributed by atoms with E-state index in [-0.39, 0.29) is 11.8 Å². The summed E-state index contributed by atoms with van der Waals surface area (Å²) in [5, 5.41) is 16.2. The molecule has 12 heteroatoms. The fraction of sp³-hybridized carbons (Fsp3) is 0.579. The number of alkyl halides is 3. The van der Waals surface area contributed by atoms with Crippen LogP contribution in [0.2, 0.25) is 0 Å². The predicted molar refractivity (Wildman–Crippen MR) is 104 cm³/mol. The summed E-state index contributed by atoms with van der Waals surface area (Å²) in [5.74, 6) is -2.63. The third kappa shape index (κ3) is 5.84. The van der Waals surface area contributed by atoms with Crippen LogP contribution in [0.5, 0.6) is 0 Å². The quantitative estimate of drug-likeness (QED) is 0.759. The van der Waals surface area contributed by atoms with Crippen molar-refractivity contribution in [3.05, 3.63) is 34.9 Å². The zero-order chi connectivity index (χ0) is 23.3. The molecule has 0 radical (unpaired) electrons. The molecule has 1 aliphatic heterocycles. The molecule has 0 saturated heterocycles. The van der Waals surface area contributed by atoms with Crippen LogP contribution in [0.15, 0.2) is 12.3 Å². The molecule has 0 fully saturated rings. The number of aryl methyl sites for hydroxylation is 3. The zero-order valence-corrected chi connectivity index (χ0v) is 17.8. The minimum Gasteiger partial charge on any atom is -0.475 e. The van der Waals surface area contributed by atoms with Gasteiger partial charge in [-0.1, -0.05) is 0 Å². The minimum atomic E-state index is -5.08. The first-order valence-electron chi connectivity index (χ1n) is 9.70. The molecule has 1 atom stereocenters. The zero-order valence-electron chi connectivity index (χ0n) is 17.8. The average molecular weight is 445 g/mol. The van der Waals surface area contributed by atoms with Crippen molar-refractivity contribution in [1.82, 2.24) is 24.5 Å². The second-order valence-corrected chi connectivity index (χ2v) is 7.02. The van der Waals surface area contributed by atoms with Gasteiger partial charge in [-0.15, -0.1) is 0 Å². The van der Waals surface area contributed by atoms with Gasteiger partial charge in [-0.25, -0.2) is 4.79 Å². The molecule has 3 heterocycles. The molecule has 0 saturated carbocycles. The first kappa shape index (κ1) is 24.4. The summed E-state index contributed by atoms with van der Waals surface area (Å²) < 4.78 is 40.8. The number of carbonyl (C=O) groups excluding carboxylic acids is 1. The van der Waals surface area contributed by atoms with E-state index in [0.29, 0.717) is 31.9 Å². The Balaban J connectivity index is 0.000000423. The van der Waals surface area contributed by atoms with Crippen LogP contribution in [-0.4, -0.2) is 67.9 Å². The Kier molecular flexibility index (Phi) is 7.82. The van der Waals surface area contributed by atoms with Crippen LogP contribution < -0.4 is 0 Å². The number of halogens is 3. The van der Waals surface area contributed by atoms with Crippen LogP contribution in [0.1, 0.15) is 47.2 Å². The van der Waals surface area contributed by atoms with Crippen LogP contribution in [0.4, 0.5) is 13.2 Å². The molecule has 172 valence electrons. The number of carboxylic acids is 1. The predicted octanol–water partition coefficient (Wildman–Crippen LogP) is 2.45. The number of aliphatic carboxylic acids is 1. The summed E-state index contributed by atoms with van der Waals surface area (Å²) in [6, 6.07) is 1.86. The monoisotopic (exact) mass is 445 g/mol. The maximum atomic E-state index is 13.0. The van der Waals surface area contributed by atoms with Crippen LogP contribution in [0.3, 0.4) is 0 Å². The molecule has 0 aromatic carbocycles. The Morgan fingerprint density at radius 1 is 1.26 bits per heavy atom. The Morgan fingerprint density at radius 2 is 1.90 bits per heavy atom. The molecule has 0 aliphatic carbocycles. The first-order valence-corrected chi connectivity index (χ1v) is 9.70. The largest absolute Gasteiger partial charge is 0.490 e. The molecule has 0 spiro atoms. The second kappa shape index (κ2) is 9.94. The van der Waals surface area contributed by atoms with E-state index in [0.717, 1.165) is 23.5 Å². The van der Waals surface area contributed by atoms with E-state index in [9.17, 15) is 18.0 Å². The Bertz CT molecular complexity index is 922. The summed E-state index contributed by atoms with van der Waals surface area (Å²) >= 11 is 0. The van der Waals surface area contributed by atoms with Gasteiger partial charge in [0.05, 0.1) is 18.0 Å². The molecule has 1 N–H and O–H groups in total. The van der Waals surface area contributed by atoms with Crippen LogP contribution >= 0.6 is 0 Å². The molecule has 1 unspecified atom stereocenters. The summed E-state index contributed by atoms with van der Waals surface area (Å²) in [6.45, 7) is 9.24. The van der Waals surface area contributed by atoms with Gasteiger partial charge in [0.25, 0.3) is 5.91 Å². The molecule has 3 rings (SSSR count). The van der Waals surface area contributed by atoms with Crippen LogP contribution in [-0.2, 0) is 29.2 Å². The summed E-state index contributed by atoms with van der Waals surface area (Å²) in [6.07, 6.45) is -3.04. The Morgan fingerprint density at radius 3 is 2.42 bits per heavy atom. The molecular weight excluding hydrogens is 419 g/mol. The van der Waals surface area contributed by atoms with E-state index < -0.39 is 12.1 Å². The fourth-order valence-corrected chi connectivity index (χ4v) is 3.34. The Labute approximate surface area is 177 Å². The van der Waals surface area contributed by atoms with Gasteiger partial charge in [0, 0.05) is 51.0 Å². The molecule has 0 bridgehead atoms. The average Bonchev–Trinajstić information content (AvgIpc) is 3.30. The normalized spacial score (nSPS) is 15.8. The van der Waals surface area contributed by atoms with E-state index in [1.807, 2.05) is 35.7 Å². The third-order valence-electron chi connectivity index (χ3n) is 4.70. The number of rotatable bonds is 5. The summed E-state index contributed by atoms with van der Waals surface area (Å²) in [7, 11) is 1.69. The highest BCUT2D eigenvalue weighted by molar-refractivity contribution is 5.93. The topological polar surface area (TPSA) is 102 Å². The van der Waals surface area contributed by atoms with Crippen molar-refractivity contribution in [2.75, 3.05) is 20.3 Å². The van der Waals surface area contributed by atoms with E-state index in [2.05, 4.69) is 17.1 Å². The van der Waals surface area contributed by atoms with Crippen molar-refractivity contribution in [3.8, 4) is 0 Å². The lowest BCUT2D eigenvalue weighted by atomic mass is 9.97. The SMILES string of the molecule is CCn1cc2c(n1)C(COC)CN(C(=O)c1cc(C)nn1CC)C2.O=C(O)C(F)(F)F. The molecule has 31 heavy (non-hydrogen) atoms. The van der Waals surface area contributed by atoms with Gasteiger partial charge in [-0.05, 0) is 26.8 Å². The number of hydrogen-bond acceptors (Lipinski definition) is 5. The standard InChI is InChI=1S/C17H25N5O2.C2HF3O2/c1-5-21-10-13-8-20(9-14(11-24-4)16(13)19-21)17(23)15-7-12(3)18-22(15)6-2;3-2(4,5)1(6)7/h7,10,14H,5-6,8-9,11H2,1-4H3;(H,6,7). The molecule has 1 aliphatic rings. The van der Waals surface area contributed by atoms with Crippen LogP contribution in [0, 0.1) is 6.92 Å². The van der Waals surface area contributed by atoms with Gasteiger partial charge >= 0.3 is 12.1 Å². The lowest BCUT2D eigenvalue weighted by Crippen LogP contribution is -2.40. The van der Waals surface area contributed by atoms with Crippen molar-refractivity contribution in [2.24, 2.45) is 0 Å². The van der Waals surface area contributed by atoms with Gasteiger partial charge in [0.2, 0.25) is 0 Å². The fourth-order valence-electron chi connectivity index (χ4n) is 3.34. The summed E-state index contributed by atoms with van der Waals surface area (Å²) in [4.78, 5) is 23.8. The number of ether oxygens (including phenoxy) is 1. The van der Waals surface area contributed by atoms with Crippen molar-refractivity contribution in [1.29, 1.82) is 0 Å². The molecule has 1 amide bonds. The number of aromatic nitrogens is 4. The number of amides is 1. The number of methoxy groups -OCH3 is 1. The van der Waals surface area contributed by atoms with E-state index >= 15 is 0 Å². The summed E-state index contributed by atoms with van der Waals surface area (Å²) in [5.41, 5.74) is 3.68. The first-order chi connectivity index (χ1) is 14.5. The number of hydrogen-bond donors (Lipinski definition) is 1. The van der Waals surface area contributed by atoms with Crippen molar-refractivity contribution >= 4 is 11.9 Å². The second-order valence-electron chi connectivity index (χ2n) is 7.02. The van der Waals surface area contributed by atoms with E-state index in [1.54, 1.807) is 11.8 Å². The van der Waals surface area contributed by atoms with E-state index in [1.165, 1.54) is 0 Å². The minimum absolute atomic E-state index is 0.0217. The lowest BCUT2D eigenvalue weighted by Gasteiger charge is -2.31. The highest BCUT2D eigenvalue weighted by Gasteiger charge is 2.38. The highest BCUT2D eigenvalue weighted by atomic mass is 19.4. The van der Waals surface area contributed by atoms with Crippen LogP contribution in [0.25, 0.3) is 0 Å². The number of nitrogens with zero attached hydrogens (tertiary/aromatic N) is 5. The molecule has 2 aromatic heterocycles. The van der Waals surface area contributed by atoms with Gasteiger partial charge in [-0.3, -0.25) is 14.2 Å². The molecular formula is C19H26F3N5O4. The maximum absolute atomic E-state index is 13.0. The number of carboxylic acid groups (broad SMARTS) is 1. The lowest BCUT2D eigenvalue weighted by molar-refractivity contribution is -0.192. The van der Waals surface area contributed by atoms with Crippen molar-refractivity contribution in [3.63, 3.8) is 0 Å². The maximum Gasteiger partial charge on any atom is 0.490 e.